The summed E-state index contributed by atoms with van der Waals surface area (Å²) in [6, 6.07) is 11.9. The van der Waals surface area contributed by atoms with Crippen molar-refractivity contribution in [2.24, 2.45) is 0 Å². The second-order valence-corrected chi connectivity index (χ2v) is 9.67. The minimum Gasteiger partial charge on any atom is -0.497 e. The van der Waals surface area contributed by atoms with Gasteiger partial charge in [-0.25, -0.2) is 9.97 Å². The summed E-state index contributed by atoms with van der Waals surface area (Å²) in [5.74, 6) is 1.07. The van der Waals surface area contributed by atoms with Crippen LogP contribution in [0.3, 0.4) is 0 Å². The van der Waals surface area contributed by atoms with Gasteiger partial charge in [-0.15, -0.1) is 22.7 Å². The molecule has 7 nitrogen and oxygen atoms in total. The van der Waals surface area contributed by atoms with Crippen LogP contribution in [-0.2, 0) is 16.0 Å². The highest BCUT2D eigenvalue weighted by atomic mass is 32.1. The minimum absolute atomic E-state index is 0.220. The normalized spacial score (nSPS) is 13.7. The number of hydrogen-bond donors (Lipinski definition) is 2. The fourth-order valence-corrected chi connectivity index (χ4v) is 5.61. The van der Waals surface area contributed by atoms with Crippen LogP contribution in [0.4, 0.5) is 5.82 Å². The van der Waals surface area contributed by atoms with Crippen molar-refractivity contribution >= 4 is 50.5 Å². The molecule has 0 atom stereocenters. The molecule has 1 aliphatic heterocycles. The molecule has 4 heterocycles. The number of anilines is 1. The van der Waals surface area contributed by atoms with Crippen LogP contribution in [-0.4, -0.2) is 28.9 Å². The number of carbonyl (C=O) groups is 2. The van der Waals surface area contributed by atoms with Crippen LogP contribution >= 0.6 is 22.7 Å². The van der Waals surface area contributed by atoms with Crippen LogP contribution < -0.4 is 15.4 Å². The van der Waals surface area contributed by atoms with Crippen molar-refractivity contribution in [2.45, 2.75) is 20.3 Å². The first kappa shape index (κ1) is 21.3. The molecule has 9 heteroatoms. The molecular weight excluding hydrogens is 456 g/mol. The second-order valence-electron chi connectivity index (χ2n) is 7.64. The van der Waals surface area contributed by atoms with Gasteiger partial charge >= 0.3 is 0 Å². The molecule has 33 heavy (non-hydrogen) atoms. The molecule has 0 saturated heterocycles. The van der Waals surface area contributed by atoms with Crippen LogP contribution in [0.5, 0.6) is 5.75 Å². The van der Waals surface area contributed by atoms with E-state index in [0.29, 0.717) is 17.2 Å². The number of benzene rings is 1. The first-order valence-electron chi connectivity index (χ1n) is 10.2. The van der Waals surface area contributed by atoms with E-state index in [1.54, 1.807) is 36.7 Å². The number of ether oxygens (including phenoxy) is 1. The van der Waals surface area contributed by atoms with Crippen molar-refractivity contribution in [1.29, 1.82) is 0 Å². The van der Waals surface area contributed by atoms with Crippen LogP contribution in [0.15, 0.2) is 53.0 Å². The van der Waals surface area contributed by atoms with Gasteiger partial charge in [-0.2, -0.15) is 0 Å². The highest BCUT2D eigenvalue weighted by molar-refractivity contribution is 7.19. The van der Waals surface area contributed by atoms with Gasteiger partial charge in [0, 0.05) is 16.9 Å². The number of nitrogens with one attached hydrogen (secondary N) is 2. The minimum atomic E-state index is -0.452. The van der Waals surface area contributed by atoms with Gasteiger partial charge in [-0.1, -0.05) is 18.2 Å². The van der Waals surface area contributed by atoms with Crippen molar-refractivity contribution in [3.05, 3.63) is 69.1 Å². The van der Waals surface area contributed by atoms with Crippen molar-refractivity contribution in [2.75, 3.05) is 12.4 Å². The number of carbonyl (C=O) groups excluding carboxylic acids is 2. The quantitative estimate of drug-likeness (QED) is 0.393. The molecule has 0 radical (unpaired) electrons. The molecule has 0 saturated carbocycles. The first-order chi connectivity index (χ1) is 15.9. The smallest absolute Gasteiger partial charge is 0.275 e. The lowest BCUT2D eigenvalue weighted by atomic mass is 10.1. The zero-order chi connectivity index (χ0) is 23.1. The molecule has 2 N–H and O–H groups in total. The summed E-state index contributed by atoms with van der Waals surface area (Å²) in [6.45, 7) is 3.66. The Morgan fingerprint density at radius 2 is 1.94 bits per heavy atom. The summed E-state index contributed by atoms with van der Waals surface area (Å²) < 4.78 is 5.36. The Morgan fingerprint density at radius 3 is 2.64 bits per heavy atom. The highest BCUT2D eigenvalue weighted by Gasteiger charge is 2.29. The maximum atomic E-state index is 12.3. The number of rotatable bonds is 6. The molecule has 1 aliphatic rings. The molecule has 0 bridgehead atoms. The number of methoxy groups -OCH3 is 1. The molecule has 5 rings (SSSR count). The predicted octanol–water partition coefficient (Wildman–Crippen LogP) is 4.67. The summed E-state index contributed by atoms with van der Waals surface area (Å²) in [6.07, 6.45) is 0.721. The topological polar surface area (TPSA) is 93.2 Å². The number of fused-ring (bicyclic) bond motifs is 1. The monoisotopic (exact) mass is 476 g/mol. The molecular formula is C24H20N4O3S2. The van der Waals surface area contributed by atoms with Crippen molar-refractivity contribution in [3.63, 3.8) is 0 Å². The fraction of sp³-hybridized carbons (Fsp3) is 0.167. The van der Waals surface area contributed by atoms with E-state index in [2.05, 4.69) is 16.7 Å². The van der Waals surface area contributed by atoms with E-state index in [0.717, 1.165) is 43.3 Å². The molecule has 0 fully saturated rings. The molecule has 3 aromatic heterocycles. The lowest BCUT2D eigenvalue weighted by Crippen LogP contribution is -2.24. The van der Waals surface area contributed by atoms with Gasteiger partial charge in [0.1, 0.15) is 22.1 Å². The largest absolute Gasteiger partial charge is 0.497 e. The van der Waals surface area contributed by atoms with Crippen molar-refractivity contribution < 1.29 is 14.3 Å². The third-order valence-corrected chi connectivity index (χ3v) is 7.59. The molecule has 0 aliphatic carbocycles. The van der Waals surface area contributed by atoms with Crippen LogP contribution in [0.1, 0.15) is 22.9 Å². The first-order valence-corrected chi connectivity index (χ1v) is 11.9. The van der Waals surface area contributed by atoms with E-state index < -0.39 is 11.8 Å². The van der Waals surface area contributed by atoms with Crippen LogP contribution in [0, 0.1) is 6.92 Å². The third-order valence-electron chi connectivity index (χ3n) is 5.54. The predicted molar refractivity (Wildman–Crippen MR) is 131 cm³/mol. The van der Waals surface area contributed by atoms with E-state index in [1.165, 1.54) is 0 Å². The van der Waals surface area contributed by atoms with Gasteiger partial charge in [0.05, 0.1) is 17.4 Å². The van der Waals surface area contributed by atoms with E-state index in [1.807, 2.05) is 42.6 Å². The number of nitrogens with zero attached hydrogens (tertiary/aromatic N) is 2. The van der Waals surface area contributed by atoms with Gasteiger partial charge in [0.2, 0.25) is 0 Å². The van der Waals surface area contributed by atoms with Gasteiger partial charge in [0.15, 0.2) is 5.82 Å². The molecule has 2 amide bonds. The van der Waals surface area contributed by atoms with Crippen LogP contribution in [0.2, 0.25) is 0 Å². The number of amides is 2. The summed E-state index contributed by atoms with van der Waals surface area (Å²) >= 11 is 3.15. The summed E-state index contributed by atoms with van der Waals surface area (Å²) in [7, 11) is 1.66. The molecule has 4 aromatic rings. The van der Waals surface area contributed by atoms with Crippen molar-refractivity contribution in [3.8, 4) is 16.5 Å². The number of hydrogen-bond acceptors (Lipinski definition) is 8. The number of thiophene rings is 2. The molecule has 166 valence electrons. The van der Waals surface area contributed by atoms with E-state index in [9.17, 15) is 9.59 Å². The summed E-state index contributed by atoms with van der Waals surface area (Å²) in [5, 5.41) is 8.29. The Labute approximate surface area is 198 Å². The number of aromatic nitrogens is 2. The fourth-order valence-electron chi connectivity index (χ4n) is 3.74. The van der Waals surface area contributed by atoms with Gasteiger partial charge in [-0.3, -0.25) is 14.9 Å². The van der Waals surface area contributed by atoms with E-state index in [4.69, 9.17) is 14.7 Å². The Hall–Kier alpha value is -3.56. The Kier molecular flexibility index (Phi) is 5.43. The third kappa shape index (κ3) is 3.90. The second kappa shape index (κ2) is 8.42. The highest BCUT2D eigenvalue weighted by Crippen LogP contribution is 2.38. The number of imide groups is 1. The molecule has 1 aromatic carbocycles. The maximum absolute atomic E-state index is 12.3. The Balaban J connectivity index is 1.64. The van der Waals surface area contributed by atoms with Gasteiger partial charge < -0.3 is 10.1 Å². The average Bonchev–Trinajstić information content (AvgIpc) is 3.50. The van der Waals surface area contributed by atoms with Crippen molar-refractivity contribution in [1.82, 2.24) is 15.3 Å². The summed E-state index contributed by atoms with van der Waals surface area (Å²) in [5.41, 5.74) is 2.73. The van der Waals surface area contributed by atoms with E-state index >= 15 is 0 Å². The molecule has 0 unspecified atom stereocenters. The standard InChI is InChI=1S/C24H20N4O3S2/c1-12-17(11-14-6-4-7-15(10-14)31-3)33-24-18(12)21(25-19-13(2)22(29)28-23(19)30)26-20(27-24)16-8-5-9-32-16/h4-10H,11H2,1-3H3,(H2,25,26,27,28,29,30). The lowest BCUT2D eigenvalue weighted by Gasteiger charge is -2.10. The molecule has 0 spiro atoms. The zero-order valence-electron chi connectivity index (χ0n) is 18.2. The Bertz CT molecular complexity index is 1440. The maximum Gasteiger partial charge on any atom is 0.275 e. The van der Waals surface area contributed by atoms with E-state index in [-0.39, 0.29) is 5.70 Å². The SMILES string of the molecule is COc1cccc(Cc2sc3nc(-c4cccs4)nc(NC4=C(C)C(=O)NC4=O)c3c2C)c1. The van der Waals surface area contributed by atoms with Crippen LogP contribution in [0.25, 0.3) is 20.9 Å². The average molecular weight is 477 g/mol. The van der Waals surface area contributed by atoms with Gasteiger partial charge in [0.25, 0.3) is 11.8 Å². The number of aryl methyl sites for hydroxylation is 1. The summed E-state index contributed by atoms with van der Waals surface area (Å²) in [4.78, 5) is 36.8. The zero-order valence-corrected chi connectivity index (χ0v) is 19.8. The van der Waals surface area contributed by atoms with Gasteiger partial charge in [-0.05, 0) is 48.6 Å². The Morgan fingerprint density at radius 1 is 1.09 bits per heavy atom. The lowest BCUT2D eigenvalue weighted by molar-refractivity contribution is -0.124.